The average molecular weight is 433 g/mol. The minimum atomic E-state index is -4.01. The van der Waals surface area contributed by atoms with E-state index in [1.54, 1.807) is 30.3 Å². The van der Waals surface area contributed by atoms with Gasteiger partial charge in [0.05, 0.1) is 12.0 Å². The van der Waals surface area contributed by atoms with Crippen LogP contribution in [0.25, 0.3) is 6.08 Å². The van der Waals surface area contributed by atoms with Gasteiger partial charge < -0.3 is 8.92 Å². The molecule has 1 heterocycles. The van der Waals surface area contributed by atoms with Gasteiger partial charge in [0.2, 0.25) is 0 Å². The minimum Gasteiger partial charge on any atom is -0.468 e. The zero-order chi connectivity index (χ0) is 21.0. The first-order valence-electron chi connectivity index (χ1n) is 8.22. The number of hydrogen-bond acceptors (Lipinski definition) is 8. The molecule has 0 saturated carbocycles. The van der Waals surface area contributed by atoms with Crippen molar-refractivity contribution >= 4 is 45.1 Å². The highest BCUT2D eigenvalue weighted by molar-refractivity contribution is 8.18. The Morgan fingerprint density at radius 3 is 2.52 bits per heavy atom. The van der Waals surface area contributed by atoms with Crippen LogP contribution in [0.3, 0.4) is 0 Å². The predicted octanol–water partition coefficient (Wildman–Crippen LogP) is 2.66. The summed E-state index contributed by atoms with van der Waals surface area (Å²) >= 11 is 0.677. The Kier molecular flexibility index (Phi) is 6.04. The molecule has 0 radical (unpaired) electrons. The van der Waals surface area contributed by atoms with Gasteiger partial charge in [0.1, 0.15) is 17.2 Å². The van der Waals surface area contributed by atoms with Crippen LogP contribution >= 0.6 is 11.8 Å². The van der Waals surface area contributed by atoms with E-state index in [-0.39, 0.29) is 15.6 Å². The maximum atomic E-state index is 12.4. The van der Waals surface area contributed by atoms with E-state index < -0.39 is 33.8 Å². The number of amides is 2. The summed E-state index contributed by atoms with van der Waals surface area (Å²) in [4.78, 5) is 36.6. The van der Waals surface area contributed by atoms with Crippen LogP contribution in [-0.4, -0.2) is 44.1 Å². The van der Waals surface area contributed by atoms with Gasteiger partial charge in [-0.2, -0.15) is 8.42 Å². The van der Waals surface area contributed by atoms with E-state index in [1.807, 2.05) is 0 Å². The fraction of sp³-hybridized carbons (Fsp3) is 0.105. The summed E-state index contributed by atoms with van der Waals surface area (Å²) in [6.07, 6.45) is 1.42. The molecule has 0 N–H and O–H groups in total. The third kappa shape index (κ3) is 4.84. The van der Waals surface area contributed by atoms with Crippen LogP contribution in [0, 0.1) is 0 Å². The Hall–Kier alpha value is -3.11. The third-order valence-corrected chi connectivity index (χ3v) is 5.95. The first-order chi connectivity index (χ1) is 13.8. The fourth-order valence-corrected chi connectivity index (χ4v) is 4.18. The van der Waals surface area contributed by atoms with Crippen LogP contribution in [-0.2, 0) is 24.4 Å². The summed E-state index contributed by atoms with van der Waals surface area (Å²) in [7, 11) is -2.85. The molecule has 10 heteroatoms. The number of hydrogen-bond donors (Lipinski definition) is 0. The lowest BCUT2D eigenvalue weighted by Crippen LogP contribution is -2.34. The highest BCUT2D eigenvalue weighted by atomic mass is 32.2. The second-order valence-electron chi connectivity index (χ2n) is 5.77. The maximum Gasteiger partial charge on any atom is 0.339 e. The molecule has 1 aliphatic rings. The Labute approximate surface area is 171 Å². The molecule has 0 aromatic heterocycles. The molecular weight excluding hydrogens is 418 g/mol. The highest BCUT2D eigenvalue weighted by Crippen LogP contribution is 2.32. The molecule has 1 aliphatic heterocycles. The van der Waals surface area contributed by atoms with Crippen molar-refractivity contribution in [3.05, 3.63) is 65.1 Å². The number of benzene rings is 2. The molecule has 3 rings (SSSR count). The normalized spacial score (nSPS) is 15.6. The lowest BCUT2D eigenvalue weighted by molar-refractivity contribution is -0.143. The average Bonchev–Trinajstić information content (AvgIpc) is 2.96. The fourth-order valence-electron chi connectivity index (χ4n) is 2.40. The van der Waals surface area contributed by atoms with Gasteiger partial charge >= 0.3 is 16.1 Å². The summed E-state index contributed by atoms with van der Waals surface area (Å²) in [6.45, 7) is -0.475. The molecule has 0 unspecified atom stereocenters. The van der Waals surface area contributed by atoms with E-state index in [0.717, 1.165) is 12.0 Å². The summed E-state index contributed by atoms with van der Waals surface area (Å²) in [5.41, 5.74) is 0.453. The van der Waals surface area contributed by atoms with E-state index >= 15 is 0 Å². The molecule has 2 aromatic rings. The zero-order valence-electron chi connectivity index (χ0n) is 15.1. The summed E-state index contributed by atoms with van der Waals surface area (Å²) in [6, 6.07) is 13.7. The van der Waals surface area contributed by atoms with E-state index in [4.69, 9.17) is 4.18 Å². The van der Waals surface area contributed by atoms with Crippen molar-refractivity contribution in [1.29, 1.82) is 0 Å². The Morgan fingerprint density at radius 2 is 1.83 bits per heavy atom. The van der Waals surface area contributed by atoms with Gasteiger partial charge in [0.25, 0.3) is 11.1 Å². The molecule has 1 saturated heterocycles. The summed E-state index contributed by atoms with van der Waals surface area (Å²) < 4.78 is 34.3. The number of carbonyl (C=O) groups excluding carboxylic acids is 3. The Bertz CT molecular complexity index is 1090. The molecule has 1 fully saturated rings. The smallest absolute Gasteiger partial charge is 0.339 e. The lowest BCUT2D eigenvalue weighted by atomic mass is 10.2. The standard InChI is InChI=1S/C19H15NO7S2/c1-26-17(21)12-20-18(22)16(28-19(20)23)11-13-6-5-7-14(10-13)27-29(24,25)15-8-3-2-4-9-15/h2-11H,12H2,1H3/b16-11-. The molecule has 0 bridgehead atoms. The lowest BCUT2D eigenvalue weighted by Gasteiger charge is -2.09. The van der Waals surface area contributed by atoms with Gasteiger partial charge in [0, 0.05) is 0 Å². The van der Waals surface area contributed by atoms with Gasteiger partial charge in [-0.3, -0.25) is 19.3 Å². The van der Waals surface area contributed by atoms with Gasteiger partial charge in [-0.25, -0.2) is 0 Å². The van der Waals surface area contributed by atoms with Crippen molar-refractivity contribution in [2.45, 2.75) is 4.90 Å². The van der Waals surface area contributed by atoms with Crippen LogP contribution in [0.2, 0.25) is 0 Å². The molecular formula is C19H15NO7S2. The van der Waals surface area contributed by atoms with Gasteiger partial charge in [-0.15, -0.1) is 0 Å². The van der Waals surface area contributed by atoms with Crippen LogP contribution in [0.15, 0.2) is 64.4 Å². The van der Waals surface area contributed by atoms with Crippen molar-refractivity contribution in [3.63, 3.8) is 0 Å². The molecule has 0 spiro atoms. The van der Waals surface area contributed by atoms with Gasteiger partial charge in [-0.05, 0) is 47.7 Å². The third-order valence-electron chi connectivity index (χ3n) is 3.78. The van der Waals surface area contributed by atoms with Gasteiger partial charge in [-0.1, -0.05) is 30.3 Å². The van der Waals surface area contributed by atoms with Crippen molar-refractivity contribution in [1.82, 2.24) is 4.90 Å². The van der Waals surface area contributed by atoms with Crippen LogP contribution < -0.4 is 4.18 Å². The summed E-state index contributed by atoms with van der Waals surface area (Å²) in [5, 5.41) is -0.592. The number of imide groups is 1. The van der Waals surface area contributed by atoms with E-state index in [0.29, 0.717) is 17.3 Å². The molecule has 150 valence electrons. The number of esters is 1. The highest BCUT2D eigenvalue weighted by Gasteiger charge is 2.36. The minimum absolute atomic E-state index is 0.00864. The number of methoxy groups -OCH3 is 1. The first kappa shape index (κ1) is 20.6. The SMILES string of the molecule is COC(=O)CN1C(=O)S/C(=C\c2cccc(OS(=O)(=O)c3ccccc3)c2)C1=O. The molecule has 8 nitrogen and oxygen atoms in total. The van der Waals surface area contributed by atoms with E-state index in [9.17, 15) is 22.8 Å². The maximum absolute atomic E-state index is 12.4. The Balaban J connectivity index is 1.81. The predicted molar refractivity (Wildman–Crippen MR) is 105 cm³/mol. The number of carbonyl (C=O) groups is 3. The second kappa shape index (κ2) is 8.50. The quantitative estimate of drug-likeness (QED) is 0.389. The zero-order valence-corrected chi connectivity index (χ0v) is 16.7. The number of ether oxygens (including phenoxy) is 1. The second-order valence-corrected chi connectivity index (χ2v) is 8.31. The molecule has 2 aromatic carbocycles. The number of nitrogens with zero attached hydrogens (tertiary/aromatic N) is 1. The van der Waals surface area contributed by atoms with Crippen molar-refractivity contribution in [2.24, 2.45) is 0 Å². The molecule has 2 amide bonds. The van der Waals surface area contributed by atoms with E-state index in [1.165, 1.54) is 30.3 Å². The van der Waals surface area contributed by atoms with Crippen LogP contribution in [0.4, 0.5) is 4.79 Å². The summed E-state index contributed by atoms with van der Waals surface area (Å²) in [5.74, 6) is -1.29. The van der Waals surface area contributed by atoms with E-state index in [2.05, 4.69) is 4.74 Å². The molecule has 29 heavy (non-hydrogen) atoms. The van der Waals surface area contributed by atoms with Crippen molar-refractivity contribution < 1.29 is 31.7 Å². The van der Waals surface area contributed by atoms with Crippen LogP contribution in [0.1, 0.15) is 5.56 Å². The first-order valence-corrected chi connectivity index (χ1v) is 10.4. The number of rotatable bonds is 6. The largest absolute Gasteiger partial charge is 0.468 e. The van der Waals surface area contributed by atoms with Crippen LogP contribution in [0.5, 0.6) is 5.75 Å². The monoisotopic (exact) mass is 433 g/mol. The topological polar surface area (TPSA) is 107 Å². The number of thioether (sulfide) groups is 1. The van der Waals surface area contributed by atoms with Gasteiger partial charge in [0.15, 0.2) is 0 Å². The molecule has 0 aliphatic carbocycles. The Morgan fingerprint density at radius 1 is 1.10 bits per heavy atom. The van der Waals surface area contributed by atoms with Crippen molar-refractivity contribution in [3.8, 4) is 5.75 Å². The van der Waals surface area contributed by atoms with Crippen molar-refractivity contribution in [2.75, 3.05) is 13.7 Å². The molecule has 0 atom stereocenters.